The van der Waals surface area contributed by atoms with Gasteiger partial charge in [0.25, 0.3) is 0 Å². The van der Waals surface area contributed by atoms with E-state index >= 15 is 0 Å². The van der Waals surface area contributed by atoms with Crippen LogP contribution in [0.2, 0.25) is 0 Å². The molecule has 0 spiro atoms. The Morgan fingerprint density at radius 2 is 2.04 bits per heavy atom. The van der Waals surface area contributed by atoms with E-state index in [0.29, 0.717) is 0 Å². The number of guanidine groups is 1. The van der Waals surface area contributed by atoms with Gasteiger partial charge in [0.05, 0.1) is 18.4 Å². The Morgan fingerprint density at radius 3 is 2.75 bits per heavy atom. The molecule has 0 saturated carbocycles. The smallest absolute Gasteiger partial charge is 0.191 e. The summed E-state index contributed by atoms with van der Waals surface area (Å²) in [5.41, 5.74) is 2.29. The van der Waals surface area contributed by atoms with Crippen molar-refractivity contribution in [1.82, 2.24) is 20.4 Å². The normalized spacial score (nSPS) is 11.0. The fourth-order valence-electron chi connectivity index (χ4n) is 2.13. The van der Waals surface area contributed by atoms with Crippen LogP contribution in [0.5, 0.6) is 0 Å². The summed E-state index contributed by atoms with van der Waals surface area (Å²) < 4.78 is 1.91. The average Bonchev–Trinajstić information content (AvgIpc) is 3.05. The molecule has 1 heterocycles. The number of aromatic nitrogens is 2. The first-order valence-electron chi connectivity index (χ1n) is 7.93. The first-order chi connectivity index (χ1) is 11.3. The molecule has 0 bridgehead atoms. The van der Waals surface area contributed by atoms with Crippen LogP contribution in [-0.4, -0.2) is 47.4 Å². The van der Waals surface area contributed by atoms with Crippen molar-refractivity contribution in [2.24, 2.45) is 4.99 Å². The second-order valence-corrected chi connectivity index (χ2v) is 6.04. The molecule has 0 radical (unpaired) electrons. The van der Waals surface area contributed by atoms with Gasteiger partial charge in [-0.1, -0.05) is 18.2 Å². The van der Waals surface area contributed by atoms with Gasteiger partial charge in [-0.2, -0.15) is 16.9 Å². The van der Waals surface area contributed by atoms with E-state index in [-0.39, 0.29) is 24.0 Å². The fourth-order valence-corrected chi connectivity index (χ4v) is 2.40. The first-order valence-corrected chi connectivity index (χ1v) is 9.33. The molecule has 132 valence electrons. The van der Waals surface area contributed by atoms with Gasteiger partial charge in [-0.3, -0.25) is 4.99 Å². The Hall–Kier alpha value is -1.22. The maximum atomic E-state index is 4.54. The van der Waals surface area contributed by atoms with Crippen LogP contribution in [-0.2, 0) is 6.42 Å². The highest BCUT2D eigenvalue weighted by Gasteiger charge is 2.02. The van der Waals surface area contributed by atoms with Crippen molar-refractivity contribution in [3.8, 4) is 5.69 Å². The number of thioether (sulfide) groups is 1. The van der Waals surface area contributed by atoms with Gasteiger partial charge >= 0.3 is 0 Å². The van der Waals surface area contributed by atoms with E-state index in [9.17, 15) is 0 Å². The molecule has 0 unspecified atom stereocenters. The quantitative estimate of drug-likeness (QED) is 0.276. The lowest BCUT2D eigenvalue weighted by Gasteiger charge is -2.10. The molecule has 0 fully saturated rings. The van der Waals surface area contributed by atoms with Crippen molar-refractivity contribution in [2.45, 2.75) is 13.3 Å². The molecule has 2 aromatic rings. The van der Waals surface area contributed by atoms with Crippen LogP contribution in [0.3, 0.4) is 0 Å². The fraction of sp³-hybridized carbons (Fsp3) is 0.412. The summed E-state index contributed by atoms with van der Waals surface area (Å²) in [6.45, 7) is 4.63. The van der Waals surface area contributed by atoms with E-state index in [4.69, 9.17) is 0 Å². The Labute approximate surface area is 165 Å². The van der Waals surface area contributed by atoms with E-state index in [0.717, 1.165) is 43.5 Å². The number of hydrogen-bond acceptors (Lipinski definition) is 3. The minimum absolute atomic E-state index is 0. The van der Waals surface area contributed by atoms with Gasteiger partial charge in [-0.05, 0) is 37.3 Å². The van der Waals surface area contributed by atoms with E-state index in [1.54, 1.807) is 0 Å². The van der Waals surface area contributed by atoms with Crippen LogP contribution in [0.25, 0.3) is 5.69 Å². The van der Waals surface area contributed by atoms with Crippen LogP contribution < -0.4 is 10.6 Å². The summed E-state index contributed by atoms with van der Waals surface area (Å²) in [5.74, 6) is 1.93. The molecule has 7 heteroatoms. The second-order valence-electron chi connectivity index (χ2n) is 5.06. The van der Waals surface area contributed by atoms with Gasteiger partial charge in [-0.25, -0.2) is 4.68 Å². The van der Waals surface area contributed by atoms with Crippen LogP contribution in [0.15, 0.2) is 47.7 Å². The largest absolute Gasteiger partial charge is 0.357 e. The highest BCUT2D eigenvalue weighted by atomic mass is 127. The lowest BCUT2D eigenvalue weighted by molar-refractivity contribution is 0.803. The second kappa shape index (κ2) is 12.2. The van der Waals surface area contributed by atoms with Crippen LogP contribution in [0, 0.1) is 0 Å². The van der Waals surface area contributed by atoms with E-state index in [1.165, 1.54) is 5.56 Å². The number of benzene rings is 1. The first kappa shape index (κ1) is 20.8. The third kappa shape index (κ3) is 7.12. The van der Waals surface area contributed by atoms with Crippen molar-refractivity contribution >= 4 is 41.7 Å². The Kier molecular flexibility index (Phi) is 10.6. The number of nitrogens with one attached hydrogen (secondary N) is 2. The maximum Gasteiger partial charge on any atom is 0.191 e. The molecule has 0 aliphatic rings. The Balaban J connectivity index is 0.00000288. The predicted octanol–water partition coefficient (Wildman–Crippen LogP) is 2.95. The molecule has 2 rings (SSSR count). The van der Waals surface area contributed by atoms with E-state index in [1.807, 2.05) is 40.8 Å². The molecule has 0 aliphatic carbocycles. The molecule has 2 N–H and O–H groups in total. The van der Waals surface area contributed by atoms with Crippen molar-refractivity contribution in [2.75, 3.05) is 31.6 Å². The Bertz CT molecular complexity index is 600. The summed E-state index contributed by atoms with van der Waals surface area (Å²) in [6, 6.07) is 10.2. The summed E-state index contributed by atoms with van der Waals surface area (Å²) in [6.07, 6.45) is 7.02. The van der Waals surface area contributed by atoms with Gasteiger partial charge in [0.2, 0.25) is 0 Å². The molecule has 0 saturated heterocycles. The molecule has 24 heavy (non-hydrogen) atoms. The number of nitrogens with zero attached hydrogens (tertiary/aromatic N) is 3. The zero-order chi connectivity index (χ0) is 16.3. The SMILES string of the molecule is CCNC(=NCCSC)NCCc1cnn(-c2ccccc2)c1.I. The molecule has 0 aliphatic heterocycles. The van der Waals surface area contributed by atoms with E-state index in [2.05, 4.69) is 52.2 Å². The minimum Gasteiger partial charge on any atom is -0.357 e. The van der Waals surface area contributed by atoms with E-state index < -0.39 is 0 Å². The monoisotopic (exact) mass is 459 g/mol. The molecule has 0 atom stereocenters. The highest BCUT2D eigenvalue weighted by molar-refractivity contribution is 14.0. The van der Waals surface area contributed by atoms with Crippen molar-refractivity contribution in [1.29, 1.82) is 0 Å². The minimum atomic E-state index is 0. The lowest BCUT2D eigenvalue weighted by atomic mass is 10.2. The van der Waals surface area contributed by atoms with Gasteiger partial charge in [-0.15, -0.1) is 24.0 Å². The van der Waals surface area contributed by atoms with Gasteiger partial charge < -0.3 is 10.6 Å². The Morgan fingerprint density at radius 1 is 1.25 bits per heavy atom. The third-order valence-corrected chi connectivity index (χ3v) is 3.86. The summed E-state index contributed by atoms with van der Waals surface area (Å²) in [7, 11) is 0. The lowest BCUT2D eigenvalue weighted by Crippen LogP contribution is -2.38. The number of aliphatic imine (C=N–C) groups is 1. The topological polar surface area (TPSA) is 54.2 Å². The number of para-hydroxylation sites is 1. The zero-order valence-corrected chi connectivity index (χ0v) is 17.4. The summed E-state index contributed by atoms with van der Waals surface area (Å²) in [5, 5.41) is 11.1. The van der Waals surface area contributed by atoms with Gasteiger partial charge in [0, 0.05) is 25.0 Å². The van der Waals surface area contributed by atoms with Gasteiger partial charge in [0.1, 0.15) is 0 Å². The van der Waals surface area contributed by atoms with Crippen LogP contribution in [0.4, 0.5) is 0 Å². The average molecular weight is 459 g/mol. The highest BCUT2D eigenvalue weighted by Crippen LogP contribution is 2.07. The summed E-state index contributed by atoms with van der Waals surface area (Å²) >= 11 is 1.81. The molecular weight excluding hydrogens is 433 g/mol. The maximum absolute atomic E-state index is 4.54. The molecular formula is C17H26IN5S. The van der Waals surface area contributed by atoms with Crippen LogP contribution in [0.1, 0.15) is 12.5 Å². The molecule has 1 aromatic carbocycles. The van der Waals surface area contributed by atoms with Crippen LogP contribution >= 0.6 is 35.7 Å². The molecule has 1 aromatic heterocycles. The van der Waals surface area contributed by atoms with Crippen molar-refractivity contribution < 1.29 is 0 Å². The third-order valence-electron chi connectivity index (χ3n) is 3.27. The van der Waals surface area contributed by atoms with Crippen molar-refractivity contribution in [3.05, 3.63) is 48.3 Å². The zero-order valence-electron chi connectivity index (χ0n) is 14.2. The molecule has 5 nitrogen and oxygen atoms in total. The number of hydrogen-bond donors (Lipinski definition) is 2. The predicted molar refractivity (Wildman–Crippen MR) is 115 cm³/mol. The molecule has 0 amide bonds. The summed E-state index contributed by atoms with van der Waals surface area (Å²) in [4.78, 5) is 4.54. The standard InChI is InChI=1S/C17H25N5S.HI/c1-3-18-17(20-11-12-23-2)19-10-9-15-13-21-22(14-15)16-7-5-4-6-8-16;/h4-8,13-14H,3,9-12H2,1-2H3,(H2,18,19,20);1H. The van der Waals surface area contributed by atoms with Crippen molar-refractivity contribution in [3.63, 3.8) is 0 Å². The van der Waals surface area contributed by atoms with Gasteiger partial charge in [0.15, 0.2) is 5.96 Å². The number of rotatable bonds is 8. The number of halogens is 1.